The van der Waals surface area contributed by atoms with Gasteiger partial charge in [0.1, 0.15) is 4.88 Å². The maximum Gasteiger partial charge on any atom is 0.306 e. The quantitative estimate of drug-likeness (QED) is 0.834. The van der Waals surface area contributed by atoms with E-state index in [1.807, 2.05) is 17.7 Å². The van der Waals surface area contributed by atoms with Crippen molar-refractivity contribution < 1.29 is 14.7 Å². The number of thioether (sulfide) groups is 1. The zero-order valence-corrected chi connectivity index (χ0v) is 11.6. The van der Waals surface area contributed by atoms with Crippen LogP contribution in [0.1, 0.15) is 28.9 Å². The number of carbonyl (C=O) groups is 2. The lowest BCUT2D eigenvalue weighted by Gasteiger charge is -2.12. The Hall–Kier alpha value is -1.01. The van der Waals surface area contributed by atoms with Crippen molar-refractivity contribution in [1.29, 1.82) is 0 Å². The maximum atomic E-state index is 12.1. The lowest BCUT2D eigenvalue weighted by Crippen LogP contribution is -2.33. The lowest BCUT2D eigenvalue weighted by molar-refractivity contribution is -0.141. The highest BCUT2D eigenvalue weighted by atomic mass is 32.2. The fourth-order valence-electron chi connectivity index (χ4n) is 2.21. The molecule has 4 nitrogen and oxygen atoms in total. The molecule has 1 amide bonds. The van der Waals surface area contributed by atoms with Crippen molar-refractivity contribution in [1.82, 2.24) is 5.32 Å². The van der Waals surface area contributed by atoms with Crippen LogP contribution in [0.4, 0.5) is 0 Å². The molecule has 1 saturated carbocycles. The highest BCUT2D eigenvalue weighted by Crippen LogP contribution is 2.28. The summed E-state index contributed by atoms with van der Waals surface area (Å²) in [6.07, 6.45) is 3.89. The van der Waals surface area contributed by atoms with Crippen LogP contribution >= 0.6 is 23.1 Å². The zero-order valence-electron chi connectivity index (χ0n) is 10.0. The Morgan fingerprint density at radius 3 is 2.89 bits per heavy atom. The highest BCUT2D eigenvalue weighted by Gasteiger charge is 2.31. The number of carboxylic acid groups (broad SMARTS) is 1. The molecule has 18 heavy (non-hydrogen) atoms. The smallest absolute Gasteiger partial charge is 0.306 e. The third kappa shape index (κ3) is 2.87. The minimum absolute atomic E-state index is 0.00425. The van der Waals surface area contributed by atoms with Gasteiger partial charge in [-0.1, -0.05) is 0 Å². The topological polar surface area (TPSA) is 66.4 Å². The predicted molar refractivity (Wildman–Crippen MR) is 72.3 cm³/mol. The molecule has 0 aliphatic heterocycles. The van der Waals surface area contributed by atoms with Gasteiger partial charge in [0.2, 0.25) is 0 Å². The number of nitrogens with one attached hydrogen (secondary N) is 1. The van der Waals surface area contributed by atoms with Gasteiger partial charge in [0.05, 0.1) is 5.92 Å². The number of aliphatic carboxylic acids is 1. The summed E-state index contributed by atoms with van der Waals surface area (Å²) >= 11 is 2.97. The van der Waals surface area contributed by atoms with E-state index in [4.69, 9.17) is 5.11 Å². The minimum Gasteiger partial charge on any atom is -0.481 e. The molecular formula is C12H15NO3S2. The van der Waals surface area contributed by atoms with Gasteiger partial charge in [-0.3, -0.25) is 9.59 Å². The Labute approximate surface area is 114 Å². The van der Waals surface area contributed by atoms with Crippen LogP contribution in [-0.4, -0.2) is 29.3 Å². The summed E-state index contributed by atoms with van der Waals surface area (Å²) in [7, 11) is 0. The van der Waals surface area contributed by atoms with Gasteiger partial charge in [0.25, 0.3) is 5.91 Å². The van der Waals surface area contributed by atoms with Crippen molar-refractivity contribution in [3.05, 3.63) is 16.3 Å². The van der Waals surface area contributed by atoms with E-state index in [1.54, 1.807) is 11.8 Å². The molecule has 6 heteroatoms. The van der Waals surface area contributed by atoms with Gasteiger partial charge in [-0.25, -0.2) is 0 Å². The number of rotatable bonds is 4. The Balaban J connectivity index is 1.95. The van der Waals surface area contributed by atoms with Crippen molar-refractivity contribution in [2.24, 2.45) is 5.92 Å². The number of amides is 1. The van der Waals surface area contributed by atoms with E-state index in [9.17, 15) is 9.59 Å². The number of hydrogen-bond donors (Lipinski definition) is 2. The molecule has 2 rings (SSSR count). The van der Waals surface area contributed by atoms with Crippen LogP contribution in [-0.2, 0) is 4.79 Å². The highest BCUT2D eigenvalue weighted by molar-refractivity contribution is 7.98. The molecule has 0 saturated heterocycles. The molecular weight excluding hydrogens is 270 g/mol. The van der Waals surface area contributed by atoms with Crippen LogP contribution in [0, 0.1) is 5.92 Å². The number of carboxylic acids is 1. The van der Waals surface area contributed by atoms with Crippen molar-refractivity contribution in [3.8, 4) is 0 Å². The van der Waals surface area contributed by atoms with Crippen LogP contribution in [0.2, 0.25) is 0 Å². The average molecular weight is 285 g/mol. The lowest BCUT2D eigenvalue weighted by atomic mass is 10.1. The first-order valence-corrected chi connectivity index (χ1v) is 7.87. The minimum atomic E-state index is -0.757. The second-order valence-corrected chi connectivity index (χ2v) is 6.10. The molecule has 0 unspecified atom stereocenters. The second kappa shape index (κ2) is 5.75. The zero-order chi connectivity index (χ0) is 13.1. The fraction of sp³-hybridized carbons (Fsp3) is 0.500. The summed E-state index contributed by atoms with van der Waals surface area (Å²) in [5.41, 5.74) is 0. The number of hydrogen-bond acceptors (Lipinski definition) is 4. The van der Waals surface area contributed by atoms with Crippen molar-refractivity contribution in [2.75, 3.05) is 6.26 Å². The molecule has 1 aliphatic rings. The molecule has 1 aromatic rings. The molecule has 1 heterocycles. The van der Waals surface area contributed by atoms with Crippen molar-refractivity contribution in [3.63, 3.8) is 0 Å². The van der Waals surface area contributed by atoms with Crippen LogP contribution in [0.15, 0.2) is 16.3 Å². The monoisotopic (exact) mass is 285 g/mol. The molecule has 1 aromatic heterocycles. The molecule has 1 aliphatic carbocycles. The normalized spacial score (nSPS) is 22.9. The molecule has 0 radical (unpaired) electrons. The molecule has 0 bridgehead atoms. The second-order valence-electron chi connectivity index (χ2n) is 4.34. The summed E-state index contributed by atoms with van der Waals surface area (Å²) in [4.78, 5) is 24.6. The van der Waals surface area contributed by atoms with E-state index in [0.717, 1.165) is 16.2 Å². The molecule has 2 N–H and O–H groups in total. The van der Waals surface area contributed by atoms with Gasteiger partial charge >= 0.3 is 5.97 Å². The molecule has 0 spiro atoms. The van der Waals surface area contributed by atoms with Crippen molar-refractivity contribution in [2.45, 2.75) is 30.2 Å². The largest absolute Gasteiger partial charge is 0.481 e. The number of carbonyl (C=O) groups excluding carboxylic acids is 1. The maximum absolute atomic E-state index is 12.1. The van der Waals surface area contributed by atoms with E-state index in [2.05, 4.69) is 5.32 Å². The third-order valence-electron chi connectivity index (χ3n) is 3.17. The van der Waals surface area contributed by atoms with E-state index in [0.29, 0.717) is 12.8 Å². The van der Waals surface area contributed by atoms with Crippen LogP contribution in [0.5, 0.6) is 0 Å². The number of thiophene rings is 1. The van der Waals surface area contributed by atoms with Gasteiger partial charge in [-0.15, -0.1) is 23.1 Å². The fourth-order valence-corrected chi connectivity index (χ4v) is 3.86. The summed E-state index contributed by atoms with van der Waals surface area (Å²) in [5.74, 6) is -1.14. The molecule has 2 atom stereocenters. The Bertz CT molecular complexity index is 458. The van der Waals surface area contributed by atoms with Gasteiger partial charge in [-0.05, 0) is 37.0 Å². The van der Waals surface area contributed by atoms with E-state index in [-0.39, 0.29) is 17.9 Å². The molecule has 1 fully saturated rings. The van der Waals surface area contributed by atoms with E-state index in [1.165, 1.54) is 11.3 Å². The van der Waals surface area contributed by atoms with Gasteiger partial charge in [0, 0.05) is 10.9 Å². The van der Waals surface area contributed by atoms with E-state index >= 15 is 0 Å². The van der Waals surface area contributed by atoms with Crippen LogP contribution in [0.3, 0.4) is 0 Å². The Kier molecular flexibility index (Phi) is 4.29. The summed E-state index contributed by atoms with van der Waals surface area (Å²) in [5, 5.41) is 13.8. The van der Waals surface area contributed by atoms with Gasteiger partial charge in [-0.2, -0.15) is 0 Å². The van der Waals surface area contributed by atoms with Crippen LogP contribution < -0.4 is 5.32 Å². The first kappa shape index (κ1) is 13.4. The third-order valence-corrected chi connectivity index (χ3v) is 4.99. The predicted octanol–water partition coefficient (Wildman–Crippen LogP) is 2.45. The first-order chi connectivity index (χ1) is 8.61. The molecule has 98 valence electrons. The van der Waals surface area contributed by atoms with Crippen LogP contribution in [0.25, 0.3) is 0 Å². The SMILES string of the molecule is CSc1ccsc1C(=O)N[C@@H]1CC[C@H](C(=O)O)C1. The Morgan fingerprint density at radius 2 is 2.28 bits per heavy atom. The standard InChI is InChI=1S/C12H15NO3S2/c1-17-9-4-5-18-10(9)11(14)13-8-3-2-7(6-8)12(15)16/h4-5,7-8H,2-3,6H2,1H3,(H,13,14)(H,15,16)/t7-,8+/m0/s1. The summed E-state index contributed by atoms with van der Waals surface area (Å²) < 4.78 is 0. The Morgan fingerprint density at radius 1 is 1.50 bits per heavy atom. The molecule has 0 aromatic carbocycles. The summed E-state index contributed by atoms with van der Waals surface area (Å²) in [6, 6.07) is 1.93. The van der Waals surface area contributed by atoms with Gasteiger partial charge < -0.3 is 10.4 Å². The van der Waals surface area contributed by atoms with Crippen molar-refractivity contribution >= 4 is 35.0 Å². The first-order valence-electron chi connectivity index (χ1n) is 5.77. The average Bonchev–Trinajstić information content (AvgIpc) is 2.96. The summed E-state index contributed by atoms with van der Waals surface area (Å²) in [6.45, 7) is 0. The van der Waals surface area contributed by atoms with E-state index < -0.39 is 5.97 Å². The van der Waals surface area contributed by atoms with Gasteiger partial charge in [0.15, 0.2) is 0 Å².